The molecule has 2 fully saturated rings. The summed E-state index contributed by atoms with van der Waals surface area (Å²) in [6, 6.07) is 1.29. The number of nitrogens with one attached hydrogen (secondary N) is 3. The fourth-order valence-corrected chi connectivity index (χ4v) is 4.02. The monoisotopic (exact) mass is 480 g/mol. The number of H-pyrrole nitrogens is 1. The molecule has 1 aromatic heterocycles. The number of nitriles is 1. The highest BCUT2D eigenvalue weighted by Crippen LogP contribution is 2.37. The quantitative estimate of drug-likeness (QED) is 0.475. The van der Waals surface area contributed by atoms with Gasteiger partial charge in [0.1, 0.15) is 17.9 Å². The van der Waals surface area contributed by atoms with E-state index >= 15 is 0 Å². The second-order valence-corrected chi connectivity index (χ2v) is 8.71. The third-order valence-corrected chi connectivity index (χ3v) is 6.07. The molecule has 182 valence electrons. The van der Waals surface area contributed by atoms with E-state index in [2.05, 4.69) is 25.8 Å². The molecule has 2 aliphatic carbocycles. The van der Waals surface area contributed by atoms with Gasteiger partial charge in [-0.1, -0.05) is 6.07 Å². The van der Waals surface area contributed by atoms with Crippen LogP contribution in [-0.2, 0) is 11.2 Å². The number of carbonyl (C=O) groups excluding carboxylic acids is 1. The molecule has 2 atom stereocenters. The van der Waals surface area contributed by atoms with E-state index in [1.807, 2.05) is 6.07 Å². The summed E-state index contributed by atoms with van der Waals surface area (Å²) in [4.78, 5) is 16.7. The van der Waals surface area contributed by atoms with E-state index in [4.69, 9.17) is 4.74 Å². The van der Waals surface area contributed by atoms with Crippen molar-refractivity contribution in [2.45, 2.75) is 74.8 Å². The summed E-state index contributed by atoms with van der Waals surface area (Å²) in [7, 11) is 0. The number of aromatic amines is 1. The third kappa shape index (κ3) is 5.64. The number of benzene rings is 1. The molecule has 0 bridgehead atoms. The summed E-state index contributed by atoms with van der Waals surface area (Å²) in [5.41, 5.74) is -1.48. The number of carbonyl (C=O) groups is 1. The molecule has 0 aliphatic heterocycles. The molecule has 12 heteroatoms. The van der Waals surface area contributed by atoms with Gasteiger partial charge in [-0.05, 0) is 56.2 Å². The lowest BCUT2D eigenvalue weighted by molar-refractivity contribution is -0.161. The van der Waals surface area contributed by atoms with Gasteiger partial charge in [0.2, 0.25) is 5.91 Å². The summed E-state index contributed by atoms with van der Waals surface area (Å²) >= 11 is 0. The topological polar surface area (TPSA) is 116 Å². The molecule has 3 N–H and O–H groups in total. The van der Waals surface area contributed by atoms with Crippen LogP contribution >= 0.6 is 0 Å². The van der Waals surface area contributed by atoms with Crippen molar-refractivity contribution in [1.29, 1.82) is 5.26 Å². The predicted molar refractivity (Wildman–Crippen MR) is 111 cm³/mol. The Morgan fingerprint density at radius 2 is 2.06 bits per heavy atom. The average Bonchev–Trinajstić information content (AvgIpc) is 3.16. The van der Waals surface area contributed by atoms with Crippen molar-refractivity contribution < 1.29 is 27.1 Å². The summed E-state index contributed by atoms with van der Waals surface area (Å²) < 4.78 is 62.4. The molecule has 2 aliphatic rings. The fraction of sp³-hybridized carbons (Fsp3) is 0.545. The highest BCUT2D eigenvalue weighted by atomic mass is 19.4. The molecule has 0 spiro atoms. The third-order valence-electron chi connectivity index (χ3n) is 6.07. The van der Waals surface area contributed by atoms with E-state index < -0.39 is 41.1 Å². The lowest BCUT2D eigenvalue weighted by atomic mass is 10.0. The summed E-state index contributed by atoms with van der Waals surface area (Å²) in [6.45, 7) is 0. The number of hydrogen-bond acceptors (Lipinski definition) is 6. The maximum Gasteiger partial charge on any atom is 0.407 e. The number of amides is 1. The second kappa shape index (κ2) is 9.58. The number of aromatic nitrogens is 3. The van der Waals surface area contributed by atoms with Crippen LogP contribution in [0.4, 0.5) is 17.6 Å². The molecule has 1 amide bonds. The van der Waals surface area contributed by atoms with E-state index in [0.29, 0.717) is 12.8 Å². The van der Waals surface area contributed by atoms with Gasteiger partial charge in [0.15, 0.2) is 17.4 Å². The Labute approximate surface area is 193 Å². The SMILES string of the molecule is N#CC1(NC(=O)[C@H](Cc2nc[nH]n2)N[C@@H](c2ccc(OC3CCCC3)c(F)c2)C(F)(F)F)CC1. The normalized spacial score (nSPS) is 19.3. The minimum atomic E-state index is -4.84. The zero-order valence-corrected chi connectivity index (χ0v) is 18.2. The smallest absolute Gasteiger partial charge is 0.407 e. The predicted octanol–water partition coefficient (Wildman–Crippen LogP) is 3.24. The van der Waals surface area contributed by atoms with Crippen molar-refractivity contribution in [3.63, 3.8) is 0 Å². The maximum atomic E-state index is 14.7. The zero-order valence-electron chi connectivity index (χ0n) is 18.2. The Bertz CT molecular complexity index is 1040. The first-order valence-corrected chi connectivity index (χ1v) is 11.1. The molecule has 4 rings (SSSR count). The van der Waals surface area contributed by atoms with Gasteiger partial charge in [-0.25, -0.2) is 9.37 Å². The Morgan fingerprint density at radius 3 is 2.62 bits per heavy atom. The van der Waals surface area contributed by atoms with Crippen molar-refractivity contribution in [2.24, 2.45) is 0 Å². The lowest BCUT2D eigenvalue weighted by Crippen LogP contribution is -2.52. The Balaban J connectivity index is 1.56. The molecule has 2 saturated carbocycles. The maximum absolute atomic E-state index is 14.7. The van der Waals surface area contributed by atoms with Crippen LogP contribution in [0.15, 0.2) is 24.5 Å². The molecule has 1 aromatic carbocycles. The van der Waals surface area contributed by atoms with Gasteiger partial charge in [0, 0.05) is 6.42 Å². The minimum absolute atomic E-state index is 0.101. The number of hydrogen-bond donors (Lipinski definition) is 3. The molecule has 0 unspecified atom stereocenters. The summed E-state index contributed by atoms with van der Waals surface area (Å²) in [5, 5.41) is 20.3. The first kappa shape index (κ1) is 23.9. The Hall–Kier alpha value is -3.20. The van der Waals surface area contributed by atoms with Crippen LogP contribution in [0.3, 0.4) is 0 Å². The number of halogens is 4. The number of ether oxygens (including phenoxy) is 1. The van der Waals surface area contributed by atoms with Gasteiger partial charge in [0.05, 0.1) is 18.2 Å². The van der Waals surface area contributed by atoms with E-state index in [1.54, 1.807) is 0 Å². The van der Waals surface area contributed by atoms with E-state index in [-0.39, 0.29) is 24.1 Å². The van der Waals surface area contributed by atoms with Crippen LogP contribution in [0, 0.1) is 17.1 Å². The number of nitrogens with zero attached hydrogens (tertiary/aromatic N) is 3. The molecule has 0 saturated heterocycles. The molecular formula is C22H24F4N6O2. The van der Waals surface area contributed by atoms with Gasteiger partial charge in [-0.15, -0.1) is 0 Å². The first-order valence-electron chi connectivity index (χ1n) is 11.1. The van der Waals surface area contributed by atoms with Crippen LogP contribution in [-0.4, -0.2) is 44.9 Å². The minimum Gasteiger partial charge on any atom is -0.487 e. The number of alkyl halides is 3. The van der Waals surface area contributed by atoms with Crippen LogP contribution in [0.1, 0.15) is 56.0 Å². The average molecular weight is 480 g/mol. The Morgan fingerprint density at radius 1 is 1.32 bits per heavy atom. The second-order valence-electron chi connectivity index (χ2n) is 8.71. The van der Waals surface area contributed by atoms with Crippen molar-refractivity contribution in [2.75, 3.05) is 0 Å². The van der Waals surface area contributed by atoms with E-state index in [1.165, 1.54) is 12.4 Å². The summed E-state index contributed by atoms with van der Waals surface area (Å²) in [5.74, 6) is -1.69. The molecule has 34 heavy (non-hydrogen) atoms. The van der Waals surface area contributed by atoms with E-state index in [9.17, 15) is 27.6 Å². The van der Waals surface area contributed by atoms with Gasteiger partial charge in [0.25, 0.3) is 0 Å². The molecule has 2 aromatic rings. The van der Waals surface area contributed by atoms with Gasteiger partial charge in [-0.2, -0.15) is 23.5 Å². The number of rotatable bonds is 9. The van der Waals surface area contributed by atoms with Crippen LogP contribution in [0.5, 0.6) is 5.75 Å². The zero-order chi connectivity index (χ0) is 24.3. The Kier molecular flexibility index (Phi) is 6.74. The molecule has 1 heterocycles. The van der Waals surface area contributed by atoms with Crippen molar-refractivity contribution in [3.05, 3.63) is 41.7 Å². The molecular weight excluding hydrogens is 456 g/mol. The van der Waals surface area contributed by atoms with Crippen molar-refractivity contribution in [3.8, 4) is 11.8 Å². The van der Waals surface area contributed by atoms with Crippen LogP contribution < -0.4 is 15.4 Å². The lowest BCUT2D eigenvalue weighted by Gasteiger charge is -2.28. The van der Waals surface area contributed by atoms with E-state index in [0.717, 1.165) is 37.8 Å². The molecule has 8 nitrogen and oxygen atoms in total. The fourth-order valence-electron chi connectivity index (χ4n) is 4.02. The standard InChI is InChI=1S/C22H24F4N6O2/c23-15-9-13(5-6-17(15)34-14-3-1-2-4-14)19(22(24,25)26)30-16(10-18-28-12-29-32-18)20(33)31-21(11-27)7-8-21/h5-6,9,12,14,16,19,30H,1-4,7-8,10H2,(H,31,33)(H,28,29,32)/t16-,19-/m0/s1. The van der Waals surface area contributed by atoms with Crippen molar-refractivity contribution >= 4 is 5.91 Å². The first-order chi connectivity index (χ1) is 16.2. The van der Waals surface area contributed by atoms with Crippen LogP contribution in [0.2, 0.25) is 0 Å². The summed E-state index contributed by atoms with van der Waals surface area (Å²) in [6.07, 6.45) is 0.281. The van der Waals surface area contributed by atoms with Gasteiger partial charge >= 0.3 is 6.18 Å². The molecule has 0 radical (unpaired) electrons. The van der Waals surface area contributed by atoms with Gasteiger partial charge in [-0.3, -0.25) is 15.2 Å². The highest BCUT2D eigenvalue weighted by Gasteiger charge is 2.47. The largest absolute Gasteiger partial charge is 0.487 e. The van der Waals surface area contributed by atoms with Gasteiger partial charge < -0.3 is 10.1 Å². The highest BCUT2D eigenvalue weighted by molar-refractivity contribution is 5.83. The van der Waals surface area contributed by atoms with Crippen molar-refractivity contribution in [1.82, 2.24) is 25.8 Å². The van der Waals surface area contributed by atoms with Crippen LogP contribution in [0.25, 0.3) is 0 Å².